The lowest BCUT2D eigenvalue weighted by Gasteiger charge is -2.34. The van der Waals surface area contributed by atoms with Crippen molar-refractivity contribution in [3.05, 3.63) is 29.6 Å². The van der Waals surface area contributed by atoms with Crippen LogP contribution in [0.2, 0.25) is 0 Å². The van der Waals surface area contributed by atoms with Gasteiger partial charge in [0.2, 0.25) is 11.8 Å². The molecule has 0 radical (unpaired) electrons. The van der Waals surface area contributed by atoms with Crippen molar-refractivity contribution < 1.29 is 19.1 Å². The van der Waals surface area contributed by atoms with Gasteiger partial charge in [-0.25, -0.2) is 4.39 Å². The van der Waals surface area contributed by atoms with E-state index in [9.17, 15) is 19.1 Å². The maximum absolute atomic E-state index is 13.9. The van der Waals surface area contributed by atoms with Crippen LogP contribution in [0.25, 0.3) is 0 Å². The molecule has 0 saturated carbocycles. The number of nitrogens with zero attached hydrogens (tertiary/aromatic N) is 2. The predicted octanol–water partition coefficient (Wildman–Crippen LogP) is 0.396. The Labute approximate surface area is 158 Å². The number of anilines is 1. The Bertz CT molecular complexity index is 692. The molecule has 1 aromatic carbocycles. The van der Waals surface area contributed by atoms with Crippen LogP contribution in [0.3, 0.4) is 0 Å². The molecule has 148 valence electrons. The molecule has 2 amide bonds. The van der Waals surface area contributed by atoms with Gasteiger partial charge in [0.1, 0.15) is 5.82 Å². The maximum Gasteiger partial charge on any atom is 0.240 e. The standard InChI is InChI=1S/C19H27FN4O3/c1-13(22-18(26)12-24-9-6-21-11-19(24)27)16-10-14(20)2-3-17(16)23-7-4-15(25)5-8-23/h2-3,10,13,15,21,25H,4-9,11-12H2,1H3,(H,22,26). The topological polar surface area (TPSA) is 84.9 Å². The molecule has 1 unspecified atom stereocenters. The molecule has 1 atom stereocenters. The Kier molecular flexibility index (Phi) is 6.28. The highest BCUT2D eigenvalue weighted by Crippen LogP contribution is 2.29. The molecule has 7 nitrogen and oxygen atoms in total. The first-order valence-corrected chi connectivity index (χ1v) is 9.44. The lowest BCUT2D eigenvalue weighted by molar-refractivity contribution is -0.136. The number of nitrogens with one attached hydrogen (secondary N) is 2. The molecular formula is C19H27FN4O3. The fourth-order valence-corrected chi connectivity index (χ4v) is 3.62. The number of piperidine rings is 1. The number of hydrogen-bond acceptors (Lipinski definition) is 5. The third-order valence-electron chi connectivity index (χ3n) is 5.16. The van der Waals surface area contributed by atoms with Gasteiger partial charge < -0.3 is 25.5 Å². The average Bonchev–Trinajstić information content (AvgIpc) is 2.64. The molecule has 0 spiro atoms. The Hall–Kier alpha value is -2.19. The third kappa shape index (κ3) is 4.95. The van der Waals surface area contributed by atoms with E-state index in [1.807, 2.05) is 6.92 Å². The van der Waals surface area contributed by atoms with E-state index in [0.717, 1.165) is 5.69 Å². The number of rotatable bonds is 5. The van der Waals surface area contributed by atoms with E-state index in [4.69, 9.17) is 0 Å². The van der Waals surface area contributed by atoms with E-state index in [-0.39, 0.29) is 36.8 Å². The van der Waals surface area contributed by atoms with Gasteiger partial charge in [0, 0.05) is 37.4 Å². The molecule has 2 saturated heterocycles. The van der Waals surface area contributed by atoms with Crippen molar-refractivity contribution in [3.63, 3.8) is 0 Å². The van der Waals surface area contributed by atoms with Crippen LogP contribution in [-0.4, -0.2) is 67.2 Å². The summed E-state index contributed by atoms with van der Waals surface area (Å²) in [5, 5.41) is 15.6. The summed E-state index contributed by atoms with van der Waals surface area (Å²) in [6.07, 6.45) is 1.05. The van der Waals surface area contributed by atoms with Crippen LogP contribution >= 0.6 is 0 Å². The number of aliphatic hydroxyl groups is 1. The summed E-state index contributed by atoms with van der Waals surface area (Å²) in [5.74, 6) is -0.714. The normalized spacial score (nSPS) is 19.9. The zero-order chi connectivity index (χ0) is 19.4. The van der Waals surface area contributed by atoms with Crippen molar-refractivity contribution in [2.45, 2.75) is 31.9 Å². The smallest absolute Gasteiger partial charge is 0.240 e. The molecule has 2 aliphatic rings. The van der Waals surface area contributed by atoms with Gasteiger partial charge in [0.25, 0.3) is 0 Å². The molecule has 0 aliphatic carbocycles. The zero-order valence-electron chi connectivity index (χ0n) is 15.6. The number of halogens is 1. The highest BCUT2D eigenvalue weighted by Gasteiger charge is 2.24. The Morgan fingerprint density at radius 1 is 1.37 bits per heavy atom. The molecule has 1 aromatic rings. The Morgan fingerprint density at radius 2 is 2.11 bits per heavy atom. The van der Waals surface area contributed by atoms with E-state index in [1.165, 1.54) is 17.0 Å². The Morgan fingerprint density at radius 3 is 2.81 bits per heavy atom. The fraction of sp³-hybridized carbons (Fsp3) is 0.579. The summed E-state index contributed by atoms with van der Waals surface area (Å²) in [6, 6.07) is 4.19. The summed E-state index contributed by atoms with van der Waals surface area (Å²) >= 11 is 0. The van der Waals surface area contributed by atoms with Crippen LogP contribution in [0.5, 0.6) is 0 Å². The molecule has 0 bridgehead atoms. The molecule has 2 fully saturated rings. The van der Waals surface area contributed by atoms with Crippen molar-refractivity contribution in [2.75, 3.05) is 44.2 Å². The summed E-state index contributed by atoms with van der Waals surface area (Å²) in [6.45, 7) is 4.62. The van der Waals surface area contributed by atoms with Gasteiger partial charge in [-0.3, -0.25) is 9.59 Å². The van der Waals surface area contributed by atoms with Gasteiger partial charge >= 0.3 is 0 Å². The first-order chi connectivity index (χ1) is 12.9. The highest BCUT2D eigenvalue weighted by molar-refractivity contribution is 5.86. The largest absolute Gasteiger partial charge is 0.393 e. The van der Waals surface area contributed by atoms with Gasteiger partial charge in [-0.15, -0.1) is 0 Å². The van der Waals surface area contributed by atoms with Gasteiger partial charge in [-0.05, 0) is 38.0 Å². The number of benzene rings is 1. The van der Waals surface area contributed by atoms with E-state index in [2.05, 4.69) is 15.5 Å². The van der Waals surface area contributed by atoms with Gasteiger partial charge in [-0.1, -0.05) is 0 Å². The van der Waals surface area contributed by atoms with Gasteiger partial charge in [-0.2, -0.15) is 0 Å². The first-order valence-electron chi connectivity index (χ1n) is 9.44. The van der Waals surface area contributed by atoms with Crippen molar-refractivity contribution in [1.29, 1.82) is 0 Å². The molecule has 2 heterocycles. The van der Waals surface area contributed by atoms with Crippen molar-refractivity contribution in [3.8, 4) is 0 Å². The molecule has 2 aliphatic heterocycles. The van der Waals surface area contributed by atoms with Crippen molar-refractivity contribution >= 4 is 17.5 Å². The molecule has 3 rings (SSSR count). The lowest BCUT2D eigenvalue weighted by atomic mass is 10.0. The van der Waals surface area contributed by atoms with E-state index in [0.29, 0.717) is 44.6 Å². The number of carbonyl (C=O) groups excluding carboxylic acids is 2. The van der Waals surface area contributed by atoms with E-state index in [1.54, 1.807) is 6.07 Å². The van der Waals surface area contributed by atoms with E-state index < -0.39 is 6.04 Å². The van der Waals surface area contributed by atoms with Crippen LogP contribution in [0.15, 0.2) is 18.2 Å². The minimum absolute atomic E-state index is 0.00537. The number of carbonyl (C=O) groups is 2. The zero-order valence-corrected chi connectivity index (χ0v) is 15.6. The fourth-order valence-electron chi connectivity index (χ4n) is 3.62. The van der Waals surface area contributed by atoms with E-state index >= 15 is 0 Å². The summed E-state index contributed by atoms with van der Waals surface area (Å²) in [5.41, 5.74) is 1.57. The third-order valence-corrected chi connectivity index (χ3v) is 5.16. The summed E-state index contributed by atoms with van der Waals surface area (Å²) < 4.78 is 13.9. The Balaban J connectivity index is 1.68. The van der Waals surface area contributed by atoms with Crippen molar-refractivity contribution in [2.24, 2.45) is 0 Å². The maximum atomic E-state index is 13.9. The summed E-state index contributed by atoms with van der Waals surface area (Å²) in [4.78, 5) is 27.9. The van der Waals surface area contributed by atoms with Crippen molar-refractivity contribution in [1.82, 2.24) is 15.5 Å². The minimum Gasteiger partial charge on any atom is -0.393 e. The quantitative estimate of drug-likeness (QED) is 0.691. The minimum atomic E-state index is -0.395. The predicted molar refractivity (Wildman–Crippen MR) is 99.9 cm³/mol. The number of piperazine rings is 1. The monoisotopic (exact) mass is 378 g/mol. The second kappa shape index (κ2) is 8.67. The van der Waals surface area contributed by atoms with Crippen LogP contribution in [-0.2, 0) is 9.59 Å². The van der Waals surface area contributed by atoms with Crippen LogP contribution < -0.4 is 15.5 Å². The number of hydrogen-bond donors (Lipinski definition) is 3. The molecule has 27 heavy (non-hydrogen) atoms. The first kappa shape index (κ1) is 19.6. The second-order valence-electron chi connectivity index (χ2n) is 7.20. The molecule has 0 aromatic heterocycles. The number of amides is 2. The average molecular weight is 378 g/mol. The van der Waals surface area contributed by atoms with Gasteiger partial charge in [0.15, 0.2) is 0 Å². The lowest BCUT2D eigenvalue weighted by Crippen LogP contribution is -2.51. The number of aliphatic hydroxyl groups excluding tert-OH is 1. The van der Waals surface area contributed by atoms with Crippen LogP contribution in [0, 0.1) is 5.82 Å². The summed E-state index contributed by atoms with van der Waals surface area (Å²) in [7, 11) is 0. The molecule has 3 N–H and O–H groups in total. The second-order valence-corrected chi connectivity index (χ2v) is 7.20. The highest BCUT2D eigenvalue weighted by atomic mass is 19.1. The van der Waals surface area contributed by atoms with Crippen LogP contribution in [0.1, 0.15) is 31.4 Å². The molecular weight excluding hydrogens is 351 g/mol. The van der Waals surface area contributed by atoms with Gasteiger partial charge in [0.05, 0.1) is 25.2 Å². The SMILES string of the molecule is CC(NC(=O)CN1CCNCC1=O)c1cc(F)ccc1N1CCC(O)CC1. The van der Waals surface area contributed by atoms with Crippen LogP contribution in [0.4, 0.5) is 10.1 Å². The molecule has 8 heteroatoms.